The first-order chi connectivity index (χ1) is 21.7. The molecule has 11 heteroatoms. The number of hydrogen-bond donors (Lipinski definition) is 2. The summed E-state index contributed by atoms with van der Waals surface area (Å²) >= 11 is 5.82. The summed E-state index contributed by atoms with van der Waals surface area (Å²) in [5, 5.41) is -0.349. The van der Waals surface area contributed by atoms with Crippen LogP contribution in [-0.4, -0.2) is 49.4 Å². The molecule has 0 bridgehead atoms. The zero-order valence-corrected chi connectivity index (χ0v) is 29.2. The Balaban J connectivity index is 0.000000181. The van der Waals surface area contributed by atoms with Crippen LogP contribution in [0, 0.1) is 6.92 Å². The van der Waals surface area contributed by atoms with Crippen molar-refractivity contribution >= 4 is 31.6 Å². The molecule has 2 atom stereocenters. The number of rotatable bonds is 8. The first kappa shape index (κ1) is 34.2. The minimum atomic E-state index is -3.24. The van der Waals surface area contributed by atoms with Gasteiger partial charge in [0.15, 0.2) is 0 Å². The Morgan fingerprint density at radius 1 is 0.630 bits per heavy atom. The van der Waals surface area contributed by atoms with Crippen LogP contribution in [0.1, 0.15) is 55.5 Å². The van der Waals surface area contributed by atoms with Gasteiger partial charge in [-0.25, -0.2) is 31.3 Å². The maximum absolute atomic E-state index is 12.0. The summed E-state index contributed by atoms with van der Waals surface area (Å²) in [5.41, 5.74) is 10.1. The standard InChI is InChI=1S/C18H22N2O2S.C17H19ClN2O2S/c1-12(2)23(21,22)20-17-9-14-5-6-15(8-16(14)10-17)18-7-4-13(3)11-19-18;1-11(2)23(21,22)20-16-8-13-4-3-12(7-15(13)9-16)14-5-6-17(18)19-10-14/h4-8,11-12,17,20H,9-10H2,1-3H3;3-7,10-11,16,20H,8-9H2,1-2H3. The van der Waals surface area contributed by atoms with Crippen molar-refractivity contribution in [1.29, 1.82) is 0 Å². The van der Waals surface area contributed by atoms with Crippen molar-refractivity contribution in [2.75, 3.05) is 0 Å². The number of halogens is 1. The molecular weight excluding hydrogens is 640 g/mol. The van der Waals surface area contributed by atoms with Crippen LogP contribution in [-0.2, 0) is 45.7 Å². The molecule has 0 amide bonds. The Bertz CT molecular complexity index is 1770. The fraction of sp³-hybridized carbons (Fsp3) is 0.371. The number of fused-ring (bicyclic) bond motifs is 2. The molecule has 2 aromatic heterocycles. The number of pyridine rings is 2. The molecule has 2 N–H and O–H groups in total. The molecule has 2 aliphatic carbocycles. The summed E-state index contributed by atoms with van der Waals surface area (Å²) in [6.07, 6.45) is 6.56. The van der Waals surface area contributed by atoms with E-state index in [9.17, 15) is 16.8 Å². The van der Waals surface area contributed by atoms with Gasteiger partial charge < -0.3 is 0 Å². The van der Waals surface area contributed by atoms with Crippen molar-refractivity contribution in [2.24, 2.45) is 0 Å². The molecule has 2 aliphatic rings. The third-order valence-corrected chi connectivity index (χ3v) is 12.5. The predicted octanol–water partition coefficient (Wildman–Crippen LogP) is 6.05. The van der Waals surface area contributed by atoms with E-state index in [-0.39, 0.29) is 12.1 Å². The molecule has 2 heterocycles. The van der Waals surface area contributed by atoms with Crippen molar-refractivity contribution in [1.82, 2.24) is 19.4 Å². The number of benzene rings is 2. The van der Waals surface area contributed by atoms with E-state index in [1.165, 1.54) is 22.3 Å². The van der Waals surface area contributed by atoms with E-state index in [4.69, 9.17) is 11.6 Å². The summed E-state index contributed by atoms with van der Waals surface area (Å²) in [6.45, 7) is 8.80. The zero-order valence-electron chi connectivity index (χ0n) is 26.8. The lowest BCUT2D eigenvalue weighted by Crippen LogP contribution is -2.39. The van der Waals surface area contributed by atoms with Gasteiger partial charge >= 0.3 is 0 Å². The van der Waals surface area contributed by atoms with Crippen LogP contribution in [0.25, 0.3) is 22.4 Å². The van der Waals surface area contributed by atoms with Crippen molar-refractivity contribution in [3.05, 3.63) is 106 Å². The molecule has 4 aromatic rings. The first-order valence-electron chi connectivity index (χ1n) is 15.5. The van der Waals surface area contributed by atoms with Crippen LogP contribution in [0.3, 0.4) is 0 Å². The maximum Gasteiger partial charge on any atom is 0.214 e. The predicted molar refractivity (Wildman–Crippen MR) is 186 cm³/mol. The van der Waals surface area contributed by atoms with Gasteiger partial charge in [-0.1, -0.05) is 48.0 Å². The summed E-state index contributed by atoms with van der Waals surface area (Å²) in [7, 11) is -6.47. The van der Waals surface area contributed by atoms with E-state index in [2.05, 4.69) is 55.8 Å². The zero-order chi connectivity index (χ0) is 33.2. The molecular formula is C35H41ClN4O4S2. The number of sulfonamides is 2. The largest absolute Gasteiger partial charge is 0.256 e. The smallest absolute Gasteiger partial charge is 0.214 e. The van der Waals surface area contributed by atoms with Crippen LogP contribution in [0.15, 0.2) is 73.1 Å². The van der Waals surface area contributed by atoms with Crippen molar-refractivity contribution in [2.45, 2.75) is 82.9 Å². The van der Waals surface area contributed by atoms with E-state index < -0.39 is 30.5 Å². The molecule has 2 aromatic carbocycles. The molecule has 46 heavy (non-hydrogen) atoms. The molecule has 2 unspecified atom stereocenters. The lowest BCUT2D eigenvalue weighted by Gasteiger charge is -2.14. The minimum absolute atomic E-state index is 0.0429. The molecule has 0 saturated heterocycles. The number of aromatic nitrogens is 2. The van der Waals surface area contributed by atoms with Gasteiger partial charge in [0, 0.05) is 35.6 Å². The van der Waals surface area contributed by atoms with Gasteiger partial charge in [-0.15, -0.1) is 0 Å². The summed E-state index contributed by atoms with van der Waals surface area (Å²) in [6, 6.07) is 20.2. The van der Waals surface area contributed by atoms with Crippen molar-refractivity contribution in [3.63, 3.8) is 0 Å². The Labute approximate surface area is 278 Å². The molecule has 244 valence electrons. The summed E-state index contributed by atoms with van der Waals surface area (Å²) in [4.78, 5) is 8.57. The molecule has 0 saturated carbocycles. The van der Waals surface area contributed by atoms with E-state index >= 15 is 0 Å². The van der Waals surface area contributed by atoms with Crippen LogP contribution in [0.4, 0.5) is 0 Å². The Morgan fingerprint density at radius 3 is 1.61 bits per heavy atom. The van der Waals surface area contributed by atoms with Gasteiger partial charge in [0.25, 0.3) is 0 Å². The maximum atomic E-state index is 12.0. The van der Waals surface area contributed by atoms with Gasteiger partial charge in [-0.2, -0.15) is 0 Å². The quantitative estimate of drug-likeness (QED) is 0.219. The highest BCUT2D eigenvalue weighted by atomic mass is 35.5. The van der Waals surface area contributed by atoms with E-state index in [0.717, 1.165) is 53.6 Å². The number of nitrogens with zero attached hydrogens (tertiary/aromatic N) is 2. The fourth-order valence-electron chi connectivity index (χ4n) is 5.66. The van der Waals surface area contributed by atoms with Crippen molar-refractivity contribution in [3.8, 4) is 22.4 Å². The summed E-state index contributed by atoms with van der Waals surface area (Å²) in [5.74, 6) is 0. The second-order valence-corrected chi connectivity index (χ2v) is 17.6. The normalized spacial score (nSPS) is 17.5. The van der Waals surface area contributed by atoms with Gasteiger partial charge in [-0.3, -0.25) is 4.98 Å². The number of nitrogens with one attached hydrogen (secondary N) is 2. The highest BCUT2D eigenvalue weighted by Crippen LogP contribution is 2.30. The first-order valence-corrected chi connectivity index (χ1v) is 19.0. The molecule has 6 rings (SSSR count). The minimum Gasteiger partial charge on any atom is -0.256 e. The highest BCUT2D eigenvalue weighted by molar-refractivity contribution is 7.90. The molecule has 8 nitrogen and oxygen atoms in total. The third-order valence-electron chi connectivity index (χ3n) is 8.45. The number of aryl methyl sites for hydroxylation is 1. The number of hydrogen-bond acceptors (Lipinski definition) is 6. The van der Waals surface area contributed by atoms with E-state index in [0.29, 0.717) is 5.15 Å². The molecule has 0 radical (unpaired) electrons. The Hall–Kier alpha value is -3.15. The SMILES string of the molecule is CC(C)S(=O)(=O)NC1Cc2ccc(-c3ccc(Cl)nc3)cc2C1.Cc1ccc(-c2ccc3c(c2)CC(NS(=O)(=O)C(C)C)C3)nc1. The van der Waals surface area contributed by atoms with Crippen LogP contribution in [0.5, 0.6) is 0 Å². The average Bonchev–Trinajstić information content (AvgIpc) is 3.59. The molecule has 0 spiro atoms. The molecule has 0 aliphatic heterocycles. The average molecular weight is 681 g/mol. The fourth-order valence-corrected chi connectivity index (χ4v) is 7.58. The van der Waals surface area contributed by atoms with E-state index in [1.54, 1.807) is 40.0 Å². The Morgan fingerprint density at radius 2 is 1.13 bits per heavy atom. The second kappa shape index (κ2) is 13.9. The summed E-state index contributed by atoms with van der Waals surface area (Å²) < 4.78 is 53.8. The lowest BCUT2D eigenvalue weighted by molar-refractivity contribution is 0.546. The third kappa shape index (κ3) is 8.22. The van der Waals surface area contributed by atoms with Gasteiger partial charge in [0.05, 0.1) is 16.2 Å². The van der Waals surface area contributed by atoms with E-state index in [1.807, 2.05) is 31.3 Å². The van der Waals surface area contributed by atoms with Crippen LogP contribution >= 0.6 is 11.6 Å². The molecule has 0 fully saturated rings. The van der Waals surface area contributed by atoms with Gasteiger partial charge in [0.2, 0.25) is 20.0 Å². The van der Waals surface area contributed by atoms with Gasteiger partial charge in [-0.05, 0) is 118 Å². The monoisotopic (exact) mass is 680 g/mol. The van der Waals surface area contributed by atoms with Crippen molar-refractivity contribution < 1.29 is 16.8 Å². The Kier molecular flexibility index (Phi) is 10.3. The van der Waals surface area contributed by atoms with Gasteiger partial charge in [0.1, 0.15) is 5.15 Å². The van der Waals surface area contributed by atoms with Crippen LogP contribution < -0.4 is 9.44 Å². The lowest BCUT2D eigenvalue weighted by atomic mass is 10.0. The topological polar surface area (TPSA) is 118 Å². The second-order valence-electron chi connectivity index (χ2n) is 12.7. The highest BCUT2D eigenvalue weighted by Gasteiger charge is 2.28. The van der Waals surface area contributed by atoms with Crippen LogP contribution in [0.2, 0.25) is 5.15 Å².